The summed E-state index contributed by atoms with van der Waals surface area (Å²) in [7, 11) is -3.99. The predicted octanol–water partition coefficient (Wildman–Crippen LogP) is 5.41. The second kappa shape index (κ2) is 9.02. The third kappa shape index (κ3) is 4.35. The minimum atomic E-state index is -3.99. The van der Waals surface area contributed by atoms with Crippen LogP contribution in [0.4, 0.5) is 5.69 Å². The molecule has 6 rings (SSSR count). The van der Waals surface area contributed by atoms with Crippen molar-refractivity contribution >= 4 is 60.7 Å². The number of hydrogen-bond acceptors (Lipinski definition) is 6. The van der Waals surface area contributed by atoms with E-state index in [4.69, 9.17) is 16.6 Å². The summed E-state index contributed by atoms with van der Waals surface area (Å²) in [6.07, 6.45) is 1.11. The third-order valence-corrected chi connectivity index (χ3v) is 9.94. The quantitative estimate of drug-likeness (QED) is 0.299. The highest BCUT2D eigenvalue weighted by Crippen LogP contribution is 2.39. The van der Waals surface area contributed by atoms with E-state index < -0.39 is 27.9 Å². The Morgan fingerprint density at radius 1 is 1.00 bits per heavy atom. The lowest BCUT2D eigenvalue weighted by Crippen LogP contribution is -2.46. The zero-order valence-electron chi connectivity index (χ0n) is 19.8. The Morgan fingerprint density at radius 2 is 1.70 bits per heavy atom. The van der Waals surface area contributed by atoms with Gasteiger partial charge in [-0.3, -0.25) is 9.59 Å². The highest BCUT2D eigenvalue weighted by molar-refractivity contribution is 7.89. The number of benzene rings is 3. The number of nitrogens with zero attached hydrogens (tertiary/aromatic N) is 3. The number of sulfonamides is 1. The van der Waals surface area contributed by atoms with Gasteiger partial charge >= 0.3 is 0 Å². The molecule has 10 heteroatoms. The molecular weight excluding hydrogens is 530 g/mol. The van der Waals surface area contributed by atoms with Crippen molar-refractivity contribution in [3.8, 4) is 10.6 Å². The first-order valence-corrected chi connectivity index (χ1v) is 14.5. The molecule has 0 N–H and O–H groups in total. The summed E-state index contributed by atoms with van der Waals surface area (Å²) in [6, 6.07) is 17.7. The van der Waals surface area contributed by atoms with Gasteiger partial charge in [0.25, 0.3) is 5.91 Å². The lowest BCUT2D eigenvalue weighted by molar-refractivity contribution is -0.122. The molecule has 7 nitrogen and oxygen atoms in total. The van der Waals surface area contributed by atoms with Gasteiger partial charge in [0.2, 0.25) is 15.9 Å². The number of halogens is 1. The molecule has 1 aliphatic heterocycles. The number of carbonyl (C=O) groups excluding carboxylic acids is 2. The van der Waals surface area contributed by atoms with Crippen molar-refractivity contribution in [1.82, 2.24) is 9.29 Å². The van der Waals surface area contributed by atoms with E-state index >= 15 is 0 Å². The van der Waals surface area contributed by atoms with Crippen molar-refractivity contribution < 1.29 is 18.0 Å². The molecular formula is C27H22ClN3O4S2. The van der Waals surface area contributed by atoms with Crippen LogP contribution in [-0.2, 0) is 19.6 Å². The Hall–Kier alpha value is -3.11. The molecule has 2 fully saturated rings. The molecule has 1 saturated carbocycles. The van der Waals surface area contributed by atoms with Crippen LogP contribution < -0.4 is 4.90 Å². The summed E-state index contributed by atoms with van der Waals surface area (Å²) in [5, 5.41) is 1.26. The molecule has 1 saturated heterocycles. The maximum atomic E-state index is 13.5. The van der Waals surface area contributed by atoms with Crippen LogP contribution in [-0.4, -0.2) is 41.6 Å². The molecule has 0 radical (unpaired) electrons. The van der Waals surface area contributed by atoms with E-state index in [1.54, 1.807) is 23.5 Å². The highest BCUT2D eigenvalue weighted by Gasteiger charge is 2.51. The summed E-state index contributed by atoms with van der Waals surface area (Å²) in [4.78, 5) is 32.4. The van der Waals surface area contributed by atoms with Crippen molar-refractivity contribution in [2.45, 2.75) is 43.2 Å². The van der Waals surface area contributed by atoms with E-state index in [0.717, 1.165) is 31.3 Å². The SMILES string of the molecule is Cc1ccc2nc(-c3ccc(N4C(=O)CC(N(C5CC5)S(=O)(=O)c5ccc(Cl)cc5)C4=O)cc3)sc2c1. The number of aryl methyl sites for hydroxylation is 1. The normalized spacial score (nSPS) is 18.4. The highest BCUT2D eigenvalue weighted by atomic mass is 35.5. The van der Waals surface area contributed by atoms with Crippen molar-refractivity contribution in [2.24, 2.45) is 0 Å². The fourth-order valence-corrected chi connectivity index (χ4v) is 7.69. The predicted molar refractivity (Wildman–Crippen MR) is 144 cm³/mol. The van der Waals surface area contributed by atoms with Gasteiger partial charge in [0.15, 0.2) is 0 Å². The van der Waals surface area contributed by atoms with Gasteiger partial charge in [-0.1, -0.05) is 17.7 Å². The largest absolute Gasteiger partial charge is 0.274 e. The number of anilines is 1. The Balaban J connectivity index is 1.28. The topological polar surface area (TPSA) is 87.7 Å². The van der Waals surface area contributed by atoms with E-state index in [9.17, 15) is 18.0 Å². The van der Waals surface area contributed by atoms with Crippen molar-refractivity contribution in [2.75, 3.05) is 4.90 Å². The van der Waals surface area contributed by atoms with Gasteiger partial charge in [-0.15, -0.1) is 11.3 Å². The summed E-state index contributed by atoms with van der Waals surface area (Å²) in [5.41, 5.74) is 3.38. The second-order valence-electron chi connectivity index (χ2n) is 9.34. The van der Waals surface area contributed by atoms with Crippen LogP contribution in [0.15, 0.2) is 71.6 Å². The zero-order valence-corrected chi connectivity index (χ0v) is 22.2. The molecule has 37 heavy (non-hydrogen) atoms. The number of imide groups is 1. The second-order valence-corrected chi connectivity index (χ2v) is 12.7. The van der Waals surface area contributed by atoms with Crippen molar-refractivity contribution in [1.29, 1.82) is 0 Å². The maximum absolute atomic E-state index is 13.5. The number of hydrogen-bond donors (Lipinski definition) is 0. The maximum Gasteiger partial charge on any atom is 0.252 e. The Kier molecular flexibility index (Phi) is 5.91. The van der Waals surface area contributed by atoms with Gasteiger partial charge < -0.3 is 0 Å². The van der Waals surface area contributed by atoms with Gasteiger partial charge in [0.1, 0.15) is 11.0 Å². The Labute approximate surface area is 223 Å². The molecule has 2 aliphatic rings. The molecule has 4 aromatic rings. The lowest BCUT2D eigenvalue weighted by atomic mass is 10.2. The van der Waals surface area contributed by atoms with Crippen LogP contribution in [0.1, 0.15) is 24.8 Å². The van der Waals surface area contributed by atoms with Crippen LogP contribution in [0.5, 0.6) is 0 Å². The molecule has 0 bridgehead atoms. The monoisotopic (exact) mass is 551 g/mol. The zero-order chi connectivity index (χ0) is 25.9. The summed E-state index contributed by atoms with van der Waals surface area (Å²) in [6.45, 7) is 2.04. The van der Waals surface area contributed by atoms with Crippen molar-refractivity contribution in [3.05, 3.63) is 77.3 Å². The molecule has 1 aliphatic carbocycles. The number of rotatable bonds is 6. The standard InChI is InChI=1S/C27H22ClN3O4S2/c1-16-2-13-22-24(14-16)36-26(29-22)17-3-7-19(8-4-17)30-25(32)15-23(27(30)33)31(20-9-10-20)37(34,35)21-11-5-18(28)6-12-21/h2-8,11-14,20,23H,9-10,15H2,1H3. The fourth-order valence-electron chi connectivity index (χ4n) is 4.67. The fraction of sp³-hybridized carbons (Fsp3) is 0.222. The minimum absolute atomic E-state index is 0.0536. The number of thiazole rings is 1. The van der Waals surface area contributed by atoms with Crippen LogP contribution in [0.2, 0.25) is 5.02 Å². The molecule has 2 heterocycles. The van der Waals surface area contributed by atoms with Crippen molar-refractivity contribution in [3.63, 3.8) is 0 Å². The summed E-state index contributed by atoms with van der Waals surface area (Å²) >= 11 is 7.51. The molecule has 3 aromatic carbocycles. The molecule has 188 valence electrons. The van der Waals surface area contributed by atoms with E-state index in [0.29, 0.717) is 23.6 Å². The van der Waals surface area contributed by atoms with Crippen LogP contribution in [0, 0.1) is 6.92 Å². The van der Waals surface area contributed by atoms with Gasteiger partial charge in [0.05, 0.1) is 27.2 Å². The summed E-state index contributed by atoms with van der Waals surface area (Å²) < 4.78 is 29.3. The Bertz CT molecular complexity index is 1650. The molecule has 1 aromatic heterocycles. The van der Waals surface area contributed by atoms with E-state index in [-0.39, 0.29) is 17.4 Å². The third-order valence-electron chi connectivity index (χ3n) is 6.64. The average Bonchev–Trinajstić information content (AvgIpc) is 3.54. The van der Waals surface area contributed by atoms with Crippen LogP contribution in [0.25, 0.3) is 20.8 Å². The first kappa shape index (κ1) is 24.2. The van der Waals surface area contributed by atoms with E-state index in [1.807, 2.05) is 31.2 Å². The van der Waals surface area contributed by atoms with E-state index in [1.165, 1.54) is 28.6 Å². The van der Waals surface area contributed by atoms with Gasteiger partial charge in [-0.05, 0) is 86.0 Å². The molecule has 2 amide bonds. The number of fused-ring (bicyclic) bond motifs is 1. The minimum Gasteiger partial charge on any atom is -0.274 e. The molecule has 0 spiro atoms. The molecule has 1 atom stereocenters. The van der Waals surface area contributed by atoms with Crippen LogP contribution in [0.3, 0.4) is 0 Å². The lowest BCUT2D eigenvalue weighted by Gasteiger charge is -2.26. The average molecular weight is 552 g/mol. The van der Waals surface area contributed by atoms with Gasteiger partial charge in [-0.2, -0.15) is 4.31 Å². The first-order valence-electron chi connectivity index (χ1n) is 11.9. The number of carbonyl (C=O) groups is 2. The van der Waals surface area contributed by atoms with E-state index in [2.05, 4.69) is 6.07 Å². The number of aromatic nitrogens is 1. The molecule has 1 unspecified atom stereocenters. The summed E-state index contributed by atoms with van der Waals surface area (Å²) in [5.74, 6) is -0.951. The Morgan fingerprint density at radius 3 is 2.38 bits per heavy atom. The smallest absolute Gasteiger partial charge is 0.252 e. The first-order chi connectivity index (χ1) is 17.7. The number of amides is 2. The van der Waals surface area contributed by atoms with Gasteiger partial charge in [-0.25, -0.2) is 18.3 Å². The van der Waals surface area contributed by atoms with Crippen LogP contribution >= 0.6 is 22.9 Å². The van der Waals surface area contributed by atoms with Gasteiger partial charge in [0, 0.05) is 16.6 Å².